The van der Waals surface area contributed by atoms with E-state index in [0.717, 1.165) is 33.5 Å². The second-order valence-electron chi connectivity index (χ2n) is 5.57. The van der Waals surface area contributed by atoms with Gasteiger partial charge in [-0.15, -0.1) is 10.2 Å². The molecular weight excluding hydrogens is 340 g/mol. The van der Waals surface area contributed by atoms with Crippen LogP contribution in [0.5, 0.6) is 5.75 Å². The van der Waals surface area contributed by atoms with Gasteiger partial charge in [-0.25, -0.2) is 0 Å². The summed E-state index contributed by atoms with van der Waals surface area (Å²) in [4.78, 5) is 12.1. The van der Waals surface area contributed by atoms with Gasteiger partial charge in [0.15, 0.2) is 15.1 Å². The van der Waals surface area contributed by atoms with Gasteiger partial charge in [0.05, 0.1) is 0 Å². The van der Waals surface area contributed by atoms with Crippen molar-refractivity contribution in [1.29, 1.82) is 0 Å². The molecular formula is C18H24N2O2S2. The number of Topliss-reactive ketones (excluding diaryl/α,β-unsaturated/α-hetero) is 1. The van der Waals surface area contributed by atoms with Crippen LogP contribution in [-0.4, -0.2) is 22.2 Å². The van der Waals surface area contributed by atoms with Crippen molar-refractivity contribution in [3.05, 3.63) is 34.8 Å². The Hall–Kier alpha value is -1.40. The number of unbranched alkanes of at least 4 members (excludes halogenated alkanes) is 4. The van der Waals surface area contributed by atoms with E-state index in [0.29, 0.717) is 13.0 Å². The number of hydrogen-bond acceptors (Lipinski definition) is 6. The minimum absolute atomic E-state index is 0.215. The molecule has 0 spiro atoms. The zero-order chi connectivity index (χ0) is 17.2. The highest BCUT2D eigenvalue weighted by molar-refractivity contribution is 8.00. The lowest BCUT2D eigenvalue weighted by Crippen LogP contribution is -2.00. The van der Waals surface area contributed by atoms with Crippen molar-refractivity contribution in [3.63, 3.8) is 0 Å². The van der Waals surface area contributed by atoms with Crippen LogP contribution in [0.2, 0.25) is 0 Å². The summed E-state index contributed by atoms with van der Waals surface area (Å²) in [6.45, 7) is 2.60. The molecule has 0 bridgehead atoms. The first-order valence-corrected chi connectivity index (χ1v) is 10.4. The number of ketones is 1. The number of carbonyl (C=O) groups excluding carboxylic acids is 1. The second kappa shape index (κ2) is 10.5. The summed E-state index contributed by atoms with van der Waals surface area (Å²) in [7, 11) is 0. The Balaban J connectivity index is 1.76. The Bertz CT molecular complexity index is 626. The zero-order valence-corrected chi connectivity index (χ0v) is 15.9. The molecule has 0 radical (unpaired) electrons. The second-order valence-corrected chi connectivity index (χ2v) is 7.68. The molecule has 24 heavy (non-hydrogen) atoms. The lowest BCUT2D eigenvalue weighted by molar-refractivity contribution is 0.0979. The Labute approximate surface area is 152 Å². The Kier molecular flexibility index (Phi) is 8.25. The molecule has 4 nitrogen and oxygen atoms in total. The first-order valence-electron chi connectivity index (χ1n) is 8.35. The number of nitrogens with zero attached hydrogens (tertiary/aromatic N) is 2. The standard InChI is InChI=1S/C18H24N2O2S2/c1-3-4-5-6-7-8-16(21)14-9-11-15(12-10-14)22-13-17-19-20-18(23-2)24-17/h9-12H,3-8,13H2,1-2H3. The van der Waals surface area contributed by atoms with Gasteiger partial charge in [0.2, 0.25) is 0 Å². The average Bonchev–Trinajstić information content (AvgIpc) is 3.08. The topological polar surface area (TPSA) is 52.1 Å². The first kappa shape index (κ1) is 18.9. The molecule has 1 aromatic heterocycles. The maximum Gasteiger partial charge on any atom is 0.174 e. The van der Waals surface area contributed by atoms with Crippen LogP contribution in [0.4, 0.5) is 0 Å². The molecule has 0 saturated heterocycles. The van der Waals surface area contributed by atoms with Crippen molar-refractivity contribution >= 4 is 28.9 Å². The van der Waals surface area contributed by atoms with Gasteiger partial charge in [-0.3, -0.25) is 4.79 Å². The molecule has 0 aliphatic carbocycles. The van der Waals surface area contributed by atoms with Gasteiger partial charge in [0.25, 0.3) is 0 Å². The molecule has 2 rings (SSSR count). The van der Waals surface area contributed by atoms with Gasteiger partial charge < -0.3 is 4.74 Å². The van der Waals surface area contributed by atoms with Crippen LogP contribution < -0.4 is 4.74 Å². The summed E-state index contributed by atoms with van der Waals surface area (Å²) >= 11 is 3.12. The number of carbonyl (C=O) groups is 1. The number of thioether (sulfide) groups is 1. The van der Waals surface area contributed by atoms with Crippen LogP contribution >= 0.6 is 23.1 Å². The maximum absolute atomic E-state index is 12.1. The van der Waals surface area contributed by atoms with E-state index in [9.17, 15) is 4.79 Å². The molecule has 130 valence electrons. The van der Waals surface area contributed by atoms with Crippen LogP contribution in [0.15, 0.2) is 28.6 Å². The maximum atomic E-state index is 12.1. The summed E-state index contributed by atoms with van der Waals surface area (Å²) in [6.07, 6.45) is 8.43. The van der Waals surface area contributed by atoms with Crippen molar-refractivity contribution in [3.8, 4) is 5.75 Å². The van der Waals surface area contributed by atoms with E-state index in [-0.39, 0.29) is 5.78 Å². The molecule has 0 atom stereocenters. The van der Waals surface area contributed by atoms with Gasteiger partial charge in [-0.1, -0.05) is 55.7 Å². The Morgan fingerprint density at radius 1 is 1.12 bits per heavy atom. The number of rotatable bonds is 11. The van der Waals surface area contributed by atoms with Crippen molar-refractivity contribution in [2.24, 2.45) is 0 Å². The van der Waals surface area contributed by atoms with E-state index in [1.54, 1.807) is 11.8 Å². The van der Waals surface area contributed by atoms with Crippen LogP contribution in [0, 0.1) is 0 Å². The van der Waals surface area contributed by atoms with Crippen molar-refractivity contribution in [2.75, 3.05) is 6.26 Å². The van der Waals surface area contributed by atoms with Gasteiger partial charge in [0.1, 0.15) is 12.4 Å². The SMILES string of the molecule is CCCCCCCC(=O)c1ccc(OCc2nnc(SC)s2)cc1. The molecule has 1 aromatic carbocycles. The number of benzene rings is 1. The highest BCUT2D eigenvalue weighted by Gasteiger charge is 2.07. The lowest BCUT2D eigenvalue weighted by Gasteiger charge is -2.05. The summed E-state index contributed by atoms with van der Waals surface area (Å²) in [5, 5.41) is 8.96. The molecule has 0 N–H and O–H groups in total. The molecule has 0 amide bonds. The third-order valence-corrected chi connectivity index (χ3v) is 5.54. The zero-order valence-electron chi connectivity index (χ0n) is 14.3. The quantitative estimate of drug-likeness (QED) is 0.304. The van der Waals surface area contributed by atoms with E-state index >= 15 is 0 Å². The van der Waals surface area contributed by atoms with Crippen molar-refractivity contribution in [2.45, 2.75) is 56.4 Å². The molecule has 1 heterocycles. The van der Waals surface area contributed by atoms with Gasteiger partial charge >= 0.3 is 0 Å². The average molecular weight is 365 g/mol. The van der Waals surface area contributed by atoms with Crippen LogP contribution in [-0.2, 0) is 6.61 Å². The number of aromatic nitrogens is 2. The molecule has 0 unspecified atom stereocenters. The van der Waals surface area contributed by atoms with Crippen LogP contribution in [0.25, 0.3) is 0 Å². The third kappa shape index (κ3) is 6.24. The Morgan fingerprint density at radius 2 is 1.88 bits per heavy atom. The lowest BCUT2D eigenvalue weighted by atomic mass is 10.0. The third-order valence-electron chi connectivity index (χ3n) is 3.67. The fourth-order valence-corrected chi connectivity index (χ4v) is 3.52. The van der Waals surface area contributed by atoms with E-state index in [1.165, 1.54) is 30.6 Å². The van der Waals surface area contributed by atoms with Crippen molar-refractivity contribution < 1.29 is 9.53 Å². The summed E-state index contributed by atoms with van der Waals surface area (Å²) < 4.78 is 6.64. The molecule has 0 aliphatic heterocycles. The number of hydrogen-bond donors (Lipinski definition) is 0. The minimum atomic E-state index is 0.215. The van der Waals surface area contributed by atoms with Gasteiger partial charge in [-0.2, -0.15) is 0 Å². The van der Waals surface area contributed by atoms with Gasteiger partial charge in [0, 0.05) is 12.0 Å². The fraction of sp³-hybridized carbons (Fsp3) is 0.500. The normalized spacial score (nSPS) is 10.8. The minimum Gasteiger partial charge on any atom is -0.486 e. The highest BCUT2D eigenvalue weighted by Crippen LogP contribution is 2.21. The smallest absolute Gasteiger partial charge is 0.174 e. The highest BCUT2D eigenvalue weighted by atomic mass is 32.2. The van der Waals surface area contributed by atoms with Crippen molar-refractivity contribution in [1.82, 2.24) is 10.2 Å². The largest absolute Gasteiger partial charge is 0.486 e. The predicted molar refractivity (Wildman–Crippen MR) is 100 cm³/mol. The van der Waals surface area contributed by atoms with Crippen LogP contribution in [0.3, 0.4) is 0 Å². The van der Waals surface area contributed by atoms with E-state index < -0.39 is 0 Å². The monoisotopic (exact) mass is 364 g/mol. The van der Waals surface area contributed by atoms with Gasteiger partial charge in [-0.05, 0) is 36.9 Å². The molecule has 0 saturated carbocycles. The molecule has 2 aromatic rings. The first-order chi connectivity index (χ1) is 11.7. The van der Waals surface area contributed by atoms with E-state index in [1.807, 2.05) is 30.5 Å². The van der Waals surface area contributed by atoms with E-state index in [4.69, 9.17) is 4.74 Å². The fourth-order valence-electron chi connectivity index (χ4n) is 2.29. The van der Waals surface area contributed by atoms with E-state index in [2.05, 4.69) is 17.1 Å². The summed E-state index contributed by atoms with van der Waals surface area (Å²) in [5.41, 5.74) is 0.762. The summed E-state index contributed by atoms with van der Waals surface area (Å²) in [5.74, 6) is 0.960. The molecule has 0 fully saturated rings. The summed E-state index contributed by atoms with van der Waals surface area (Å²) in [6, 6.07) is 7.38. The Morgan fingerprint density at radius 3 is 2.54 bits per heavy atom. The predicted octanol–water partition coefficient (Wildman–Crippen LogP) is 5.38. The molecule has 6 heteroatoms. The number of ether oxygens (including phenoxy) is 1. The van der Waals surface area contributed by atoms with Crippen LogP contribution in [0.1, 0.15) is 60.8 Å². The molecule has 0 aliphatic rings.